The van der Waals surface area contributed by atoms with Crippen LogP contribution in [-0.4, -0.2) is 23.7 Å². The highest BCUT2D eigenvalue weighted by Crippen LogP contribution is 2.52. The van der Waals surface area contributed by atoms with Crippen molar-refractivity contribution < 1.29 is 14.6 Å². The maximum Gasteiger partial charge on any atom is 0.248 e. The van der Waals surface area contributed by atoms with E-state index in [9.17, 15) is 9.90 Å². The molecule has 1 aromatic rings. The molecule has 3 unspecified atom stereocenters. The molecule has 21 heavy (non-hydrogen) atoms. The molecule has 4 nitrogen and oxygen atoms in total. The molecule has 3 rings (SSSR count). The van der Waals surface area contributed by atoms with Gasteiger partial charge in [0.1, 0.15) is 5.75 Å². The van der Waals surface area contributed by atoms with E-state index in [2.05, 4.69) is 6.92 Å². The van der Waals surface area contributed by atoms with Gasteiger partial charge in [-0.25, -0.2) is 0 Å². The summed E-state index contributed by atoms with van der Waals surface area (Å²) in [5, 5.41) is 10.0. The van der Waals surface area contributed by atoms with Gasteiger partial charge < -0.3 is 15.6 Å². The van der Waals surface area contributed by atoms with Gasteiger partial charge in [-0.15, -0.1) is 0 Å². The van der Waals surface area contributed by atoms with Gasteiger partial charge in [-0.05, 0) is 50.2 Å². The lowest BCUT2D eigenvalue weighted by Crippen LogP contribution is -2.41. The Morgan fingerprint density at radius 3 is 3.00 bits per heavy atom. The lowest BCUT2D eigenvalue weighted by atomic mass is 9.59. The molecule has 0 radical (unpaired) electrons. The number of rotatable bonds is 2. The van der Waals surface area contributed by atoms with E-state index in [-0.39, 0.29) is 11.5 Å². The fourth-order valence-corrected chi connectivity index (χ4v) is 4.22. The molecule has 3 atom stereocenters. The standard InChI is InChI=1S/C17H23NO3/c1-2-17-7-5-13(19)10-12(17)6-8-21-15-9-11(16(18)20)3-4-14(15)17/h3-4,9,12-13,19H,2,5-8,10H2,1H3,(H2,18,20). The maximum absolute atomic E-state index is 11.4. The molecule has 1 aliphatic heterocycles. The van der Waals surface area contributed by atoms with Crippen molar-refractivity contribution in [3.63, 3.8) is 0 Å². The number of primary amides is 1. The lowest BCUT2D eigenvalue weighted by molar-refractivity contribution is 0.0443. The number of amides is 1. The van der Waals surface area contributed by atoms with Gasteiger partial charge in [0.2, 0.25) is 5.91 Å². The number of nitrogens with two attached hydrogens (primary N) is 1. The van der Waals surface area contributed by atoms with Crippen LogP contribution in [0.25, 0.3) is 0 Å². The Morgan fingerprint density at radius 1 is 1.48 bits per heavy atom. The molecule has 1 heterocycles. The zero-order valence-electron chi connectivity index (χ0n) is 12.5. The van der Waals surface area contributed by atoms with Crippen molar-refractivity contribution in [2.45, 2.75) is 50.5 Å². The van der Waals surface area contributed by atoms with E-state index < -0.39 is 5.91 Å². The zero-order valence-corrected chi connectivity index (χ0v) is 12.5. The third-order valence-corrected chi connectivity index (χ3v) is 5.42. The predicted octanol–water partition coefficient (Wildman–Crippen LogP) is 2.38. The lowest BCUT2D eigenvalue weighted by Gasteiger charge is -2.45. The quantitative estimate of drug-likeness (QED) is 0.878. The Bertz CT molecular complexity index is 557. The van der Waals surface area contributed by atoms with Gasteiger partial charge in [-0.2, -0.15) is 0 Å². The third-order valence-electron chi connectivity index (χ3n) is 5.42. The Labute approximate surface area is 125 Å². The van der Waals surface area contributed by atoms with Crippen LogP contribution in [0.1, 0.15) is 54.9 Å². The molecule has 0 aromatic heterocycles. The minimum absolute atomic E-state index is 0.0568. The molecule has 3 N–H and O–H groups in total. The van der Waals surface area contributed by atoms with Crippen molar-refractivity contribution in [3.8, 4) is 5.75 Å². The fraction of sp³-hybridized carbons (Fsp3) is 0.588. The molecule has 0 spiro atoms. The van der Waals surface area contributed by atoms with Crippen LogP contribution < -0.4 is 10.5 Å². The number of aliphatic hydroxyl groups is 1. The van der Waals surface area contributed by atoms with E-state index in [1.807, 2.05) is 6.07 Å². The number of ether oxygens (including phenoxy) is 1. The summed E-state index contributed by atoms with van der Waals surface area (Å²) in [5.74, 6) is 0.811. The molecule has 1 aromatic carbocycles. The Morgan fingerprint density at radius 2 is 2.29 bits per heavy atom. The molecule has 1 fully saturated rings. The van der Waals surface area contributed by atoms with Gasteiger partial charge in [-0.1, -0.05) is 13.0 Å². The van der Waals surface area contributed by atoms with Gasteiger partial charge in [-0.3, -0.25) is 4.79 Å². The molecule has 114 valence electrons. The first-order chi connectivity index (χ1) is 10.1. The summed E-state index contributed by atoms with van der Waals surface area (Å²) in [6.07, 6.45) is 4.43. The first kappa shape index (κ1) is 14.4. The van der Waals surface area contributed by atoms with E-state index in [1.54, 1.807) is 12.1 Å². The van der Waals surface area contributed by atoms with E-state index in [0.717, 1.165) is 37.9 Å². The van der Waals surface area contributed by atoms with Crippen LogP contribution in [0.3, 0.4) is 0 Å². The minimum atomic E-state index is -0.424. The number of aliphatic hydroxyl groups excluding tert-OH is 1. The summed E-state index contributed by atoms with van der Waals surface area (Å²) in [6, 6.07) is 5.59. The molecule has 4 heteroatoms. The predicted molar refractivity (Wildman–Crippen MR) is 80.4 cm³/mol. The summed E-state index contributed by atoms with van der Waals surface area (Å²) in [6.45, 7) is 2.84. The largest absolute Gasteiger partial charge is 0.493 e. The monoisotopic (exact) mass is 289 g/mol. The van der Waals surface area contributed by atoms with E-state index >= 15 is 0 Å². The Hall–Kier alpha value is -1.55. The number of benzene rings is 1. The van der Waals surface area contributed by atoms with Crippen molar-refractivity contribution in [2.75, 3.05) is 6.61 Å². The minimum Gasteiger partial charge on any atom is -0.493 e. The Kier molecular flexibility index (Phi) is 3.66. The number of carbonyl (C=O) groups is 1. The average molecular weight is 289 g/mol. The van der Waals surface area contributed by atoms with E-state index in [1.165, 1.54) is 5.56 Å². The third kappa shape index (κ3) is 2.31. The van der Waals surface area contributed by atoms with Crippen LogP contribution >= 0.6 is 0 Å². The normalized spacial score (nSPS) is 31.5. The summed E-state index contributed by atoms with van der Waals surface area (Å²) >= 11 is 0. The van der Waals surface area contributed by atoms with Crippen molar-refractivity contribution >= 4 is 5.91 Å². The molecule has 0 saturated heterocycles. The smallest absolute Gasteiger partial charge is 0.248 e. The van der Waals surface area contributed by atoms with Crippen LogP contribution in [0, 0.1) is 5.92 Å². The van der Waals surface area contributed by atoms with Crippen LogP contribution in [0.5, 0.6) is 5.75 Å². The molecule has 1 amide bonds. The zero-order chi connectivity index (χ0) is 15.0. The first-order valence-corrected chi connectivity index (χ1v) is 7.82. The molecule has 0 bridgehead atoms. The van der Waals surface area contributed by atoms with Crippen molar-refractivity contribution in [1.29, 1.82) is 0 Å². The van der Waals surface area contributed by atoms with Crippen molar-refractivity contribution in [2.24, 2.45) is 11.7 Å². The van der Waals surface area contributed by atoms with Gasteiger partial charge in [0, 0.05) is 16.5 Å². The summed E-state index contributed by atoms with van der Waals surface area (Å²) in [7, 11) is 0. The first-order valence-electron chi connectivity index (χ1n) is 7.82. The van der Waals surface area contributed by atoms with Crippen LogP contribution in [0.4, 0.5) is 0 Å². The van der Waals surface area contributed by atoms with Crippen molar-refractivity contribution in [1.82, 2.24) is 0 Å². The van der Waals surface area contributed by atoms with Gasteiger partial charge in [0.15, 0.2) is 0 Å². The number of carbonyl (C=O) groups excluding carboxylic acids is 1. The van der Waals surface area contributed by atoms with Crippen LogP contribution in [-0.2, 0) is 5.41 Å². The highest BCUT2D eigenvalue weighted by molar-refractivity contribution is 5.93. The van der Waals surface area contributed by atoms with E-state index in [4.69, 9.17) is 10.5 Å². The van der Waals surface area contributed by atoms with Crippen molar-refractivity contribution in [3.05, 3.63) is 29.3 Å². The molecule has 1 saturated carbocycles. The van der Waals surface area contributed by atoms with Crippen LogP contribution in [0.15, 0.2) is 18.2 Å². The summed E-state index contributed by atoms with van der Waals surface area (Å²) in [5.41, 5.74) is 7.11. The number of fused-ring (bicyclic) bond motifs is 3. The molecular formula is C17H23NO3. The van der Waals surface area contributed by atoms with Gasteiger partial charge in [0.25, 0.3) is 0 Å². The highest BCUT2D eigenvalue weighted by atomic mass is 16.5. The molecular weight excluding hydrogens is 266 g/mol. The SMILES string of the molecule is CCC12CCC(O)CC1CCOc1cc(C(N)=O)ccc12. The second-order valence-electron chi connectivity index (χ2n) is 6.35. The Balaban J connectivity index is 2.09. The van der Waals surface area contributed by atoms with Gasteiger partial charge in [0.05, 0.1) is 12.7 Å². The molecule has 1 aliphatic carbocycles. The van der Waals surface area contributed by atoms with Gasteiger partial charge >= 0.3 is 0 Å². The average Bonchev–Trinajstić information content (AvgIpc) is 2.63. The topological polar surface area (TPSA) is 72.6 Å². The highest BCUT2D eigenvalue weighted by Gasteiger charge is 2.45. The molecule has 2 aliphatic rings. The number of hydrogen-bond donors (Lipinski definition) is 2. The summed E-state index contributed by atoms with van der Waals surface area (Å²) < 4.78 is 5.90. The van der Waals surface area contributed by atoms with E-state index in [0.29, 0.717) is 18.1 Å². The second-order valence-corrected chi connectivity index (χ2v) is 6.35. The number of hydrogen-bond acceptors (Lipinski definition) is 3. The second kappa shape index (κ2) is 5.34. The maximum atomic E-state index is 11.4. The summed E-state index contributed by atoms with van der Waals surface area (Å²) in [4.78, 5) is 11.4. The van der Waals surface area contributed by atoms with Crippen LogP contribution in [0.2, 0.25) is 0 Å². The fourth-order valence-electron chi connectivity index (χ4n) is 4.22.